The molecule has 0 aliphatic carbocycles. The maximum atomic E-state index is 6.24. The molecule has 1 aromatic carbocycles. The summed E-state index contributed by atoms with van der Waals surface area (Å²) >= 11 is 15.1. The second-order valence-electron chi connectivity index (χ2n) is 4.66. The van der Waals surface area contributed by atoms with E-state index in [0.717, 1.165) is 31.8 Å². The number of hydrogen-bond acceptors (Lipinski definition) is 2. The predicted octanol–water partition coefficient (Wildman–Crippen LogP) is 6.32. The average molecular weight is 438 g/mol. The second-order valence-corrected chi connectivity index (χ2v) is 8.11. The minimum Gasteiger partial charge on any atom is -0.306 e. The summed E-state index contributed by atoms with van der Waals surface area (Å²) in [7, 11) is 0. The summed E-state index contributed by atoms with van der Waals surface area (Å²) < 4.78 is 3.06. The second kappa shape index (κ2) is 7.41. The van der Waals surface area contributed by atoms with Gasteiger partial charge in [-0.1, -0.05) is 50.4 Å². The first kappa shape index (κ1) is 16.5. The number of hydrogen-bond donors (Lipinski definition) is 1. The topological polar surface area (TPSA) is 12.0 Å². The Kier molecular flexibility index (Phi) is 6.11. The van der Waals surface area contributed by atoms with Gasteiger partial charge in [0.05, 0.1) is 10.4 Å². The first-order chi connectivity index (χ1) is 9.52. The van der Waals surface area contributed by atoms with E-state index in [-0.39, 0.29) is 6.04 Å². The lowest BCUT2D eigenvalue weighted by atomic mass is 10.0. The van der Waals surface area contributed by atoms with Crippen LogP contribution in [0.25, 0.3) is 0 Å². The van der Waals surface area contributed by atoms with Gasteiger partial charge in [0.2, 0.25) is 0 Å². The van der Waals surface area contributed by atoms with E-state index >= 15 is 0 Å². The molecule has 0 saturated heterocycles. The summed E-state index contributed by atoms with van der Waals surface area (Å²) in [5.41, 5.74) is 2.37. The van der Waals surface area contributed by atoms with Gasteiger partial charge in [0.15, 0.2) is 0 Å². The molecular weight excluding hydrogens is 422 g/mol. The molecule has 1 heterocycles. The highest BCUT2D eigenvalue weighted by Crippen LogP contribution is 2.37. The van der Waals surface area contributed by atoms with Crippen LogP contribution in [0.2, 0.25) is 4.34 Å². The predicted molar refractivity (Wildman–Crippen MR) is 96.0 cm³/mol. The molecule has 1 atom stereocenters. The van der Waals surface area contributed by atoms with Gasteiger partial charge in [-0.05, 0) is 55.3 Å². The Bertz CT molecular complexity index is 578. The zero-order chi connectivity index (χ0) is 14.7. The van der Waals surface area contributed by atoms with E-state index < -0.39 is 0 Å². The molecule has 0 aliphatic rings. The Balaban J connectivity index is 2.43. The highest BCUT2D eigenvalue weighted by molar-refractivity contribution is 9.11. The van der Waals surface area contributed by atoms with Gasteiger partial charge in [0, 0.05) is 13.8 Å². The van der Waals surface area contributed by atoms with E-state index in [1.165, 1.54) is 10.4 Å². The Morgan fingerprint density at radius 1 is 1.30 bits per heavy atom. The number of halogens is 3. The van der Waals surface area contributed by atoms with Crippen LogP contribution < -0.4 is 5.32 Å². The lowest BCUT2D eigenvalue weighted by Gasteiger charge is -2.19. The smallest absolute Gasteiger partial charge is 0.0961 e. The van der Waals surface area contributed by atoms with Crippen LogP contribution in [0.3, 0.4) is 0 Å². The van der Waals surface area contributed by atoms with Crippen LogP contribution in [-0.2, 0) is 0 Å². The SMILES string of the molecule is CCCNC(c1cc(C)c(Cl)s1)c1cc(Br)ccc1Br. The Hall–Kier alpha value is 0.130. The molecule has 5 heteroatoms. The summed E-state index contributed by atoms with van der Waals surface area (Å²) in [4.78, 5) is 1.25. The number of rotatable bonds is 5. The van der Waals surface area contributed by atoms with Gasteiger partial charge in [-0.3, -0.25) is 0 Å². The average Bonchev–Trinajstić information content (AvgIpc) is 2.74. The van der Waals surface area contributed by atoms with Crippen molar-refractivity contribution in [2.75, 3.05) is 6.54 Å². The summed E-state index contributed by atoms with van der Waals surface area (Å²) in [6.07, 6.45) is 1.10. The molecule has 108 valence electrons. The maximum Gasteiger partial charge on any atom is 0.0961 e. The number of aryl methyl sites for hydroxylation is 1. The van der Waals surface area contributed by atoms with Crippen molar-refractivity contribution in [2.45, 2.75) is 26.3 Å². The zero-order valence-corrected chi connectivity index (χ0v) is 16.1. The van der Waals surface area contributed by atoms with Gasteiger partial charge < -0.3 is 5.32 Å². The van der Waals surface area contributed by atoms with Crippen LogP contribution >= 0.6 is 54.8 Å². The molecule has 0 saturated carbocycles. The molecule has 2 aromatic rings. The van der Waals surface area contributed by atoms with Crippen molar-refractivity contribution in [3.05, 3.63) is 53.6 Å². The van der Waals surface area contributed by atoms with Crippen LogP contribution in [0.1, 0.15) is 35.4 Å². The molecule has 2 rings (SSSR count). The molecule has 1 nitrogen and oxygen atoms in total. The van der Waals surface area contributed by atoms with E-state index in [0.29, 0.717) is 0 Å². The number of benzene rings is 1. The minimum atomic E-state index is 0.165. The Labute approximate surface area is 146 Å². The van der Waals surface area contributed by atoms with Crippen molar-refractivity contribution in [3.8, 4) is 0 Å². The Morgan fingerprint density at radius 2 is 2.05 bits per heavy atom. The standard InChI is InChI=1S/C15H16Br2ClNS/c1-3-6-19-14(13-7-9(2)15(18)20-13)11-8-10(16)4-5-12(11)17/h4-5,7-8,14,19H,3,6H2,1-2H3. The molecule has 1 aromatic heterocycles. The summed E-state index contributed by atoms with van der Waals surface area (Å²) in [6.45, 7) is 5.19. The van der Waals surface area contributed by atoms with Crippen LogP contribution in [0.15, 0.2) is 33.2 Å². The van der Waals surface area contributed by atoms with Gasteiger partial charge >= 0.3 is 0 Å². The van der Waals surface area contributed by atoms with E-state index in [4.69, 9.17) is 11.6 Å². The summed E-state index contributed by atoms with van der Waals surface area (Å²) in [6, 6.07) is 8.60. The third-order valence-corrected chi connectivity index (χ3v) is 5.86. The monoisotopic (exact) mass is 435 g/mol. The van der Waals surface area contributed by atoms with Gasteiger partial charge in [-0.25, -0.2) is 0 Å². The highest BCUT2D eigenvalue weighted by atomic mass is 79.9. The van der Waals surface area contributed by atoms with Crippen LogP contribution in [0.4, 0.5) is 0 Å². The molecule has 0 aliphatic heterocycles. The van der Waals surface area contributed by atoms with E-state index in [2.05, 4.69) is 69.2 Å². The van der Waals surface area contributed by atoms with Crippen molar-refractivity contribution >= 4 is 54.8 Å². The lowest BCUT2D eigenvalue weighted by molar-refractivity contribution is 0.604. The van der Waals surface area contributed by atoms with E-state index in [1.807, 2.05) is 6.07 Å². The fourth-order valence-corrected chi connectivity index (χ4v) is 4.18. The number of thiophene rings is 1. The summed E-state index contributed by atoms with van der Waals surface area (Å²) in [5, 5.41) is 3.61. The maximum absolute atomic E-state index is 6.24. The van der Waals surface area contributed by atoms with Crippen LogP contribution in [0.5, 0.6) is 0 Å². The van der Waals surface area contributed by atoms with Gasteiger partial charge in [-0.2, -0.15) is 0 Å². The molecule has 0 amide bonds. The van der Waals surface area contributed by atoms with E-state index in [9.17, 15) is 0 Å². The fraction of sp³-hybridized carbons (Fsp3) is 0.333. The highest BCUT2D eigenvalue weighted by Gasteiger charge is 2.19. The quantitative estimate of drug-likeness (QED) is 0.577. The molecule has 0 bridgehead atoms. The lowest BCUT2D eigenvalue weighted by Crippen LogP contribution is -2.22. The fourth-order valence-electron chi connectivity index (χ4n) is 2.01. The van der Waals surface area contributed by atoms with E-state index in [1.54, 1.807) is 11.3 Å². The third-order valence-electron chi connectivity index (χ3n) is 3.03. The van der Waals surface area contributed by atoms with Crippen molar-refractivity contribution in [1.29, 1.82) is 0 Å². The minimum absolute atomic E-state index is 0.165. The van der Waals surface area contributed by atoms with Gasteiger partial charge in [0.1, 0.15) is 0 Å². The van der Waals surface area contributed by atoms with Crippen LogP contribution in [-0.4, -0.2) is 6.54 Å². The van der Waals surface area contributed by atoms with Gasteiger partial charge in [-0.15, -0.1) is 11.3 Å². The van der Waals surface area contributed by atoms with Crippen molar-refractivity contribution in [3.63, 3.8) is 0 Å². The molecular formula is C15H16Br2ClNS. The largest absolute Gasteiger partial charge is 0.306 e. The zero-order valence-electron chi connectivity index (χ0n) is 11.3. The molecule has 20 heavy (non-hydrogen) atoms. The first-order valence-corrected chi connectivity index (χ1v) is 9.25. The molecule has 1 N–H and O–H groups in total. The number of nitrogens with one attached hydrogen (secondary N) is 1. The van der Waals surface area contributed by atoms with Gasteiger partial charge in [0.25, 0.3) is 0 Å². The molecule has 0 radical (unpaired) electrons. The first-order valence-electron chi connectivity index (χ1n) is 6.47. The normalized spacial score (nSPS) is 12.7. The van der Waals surface area contributed by atoms with Crippen molar-refractivity contribution in [2.24, 2.45) is 0 Å². The van der Waals surface area contributed by atoms with Crippen molar-refractivity contribution < 1.29 is 0 Å². The molecule has 1 unspecified atom stereocenters. The molecule has 0 fully saturated rings. The van der Waals surface area contributed by atoms with Crippen LogP contribution in [0, 0.1) is 6.92 Å². The summed E-state index contributed by atoms with van der Waals surface area (Å²) in [5.74, 6) is 0. The third kappa shape index (κ3) is 3.86. The Morgan fingerprint density at radius 3 is 2.65 bits per heavy atom. The molecule has 0 spiro atoms. The van der Waals surface area contributed by atoms with Crippen molar-refractivity contribution in [1.82, 2.24) is 5.32 Å².